The van der Waals surface area contributed by atoms with E-state index in [-0.39, 0.29) is 24.1 Å². The van der Waals surface area contributed by atoms with E-state index in [9.17, 15) is 20.1 Å². The second-order valence-electron chi connectivity index (χ2n) is 20.2. The van der Waals surface area contributed by atoms with E-state index >= 15 is 0 Å². The zero-order chi connectivity index (χ0) is 41.9. The van der Waals surface area contributed by atoms with Crippen molar-refractivity contribution in [3.8, 4) is 0 Å². The Morgan fingerprint density at radius 1 is 0.845 bits per heavy atom. The van der Waals surface area contributed by atoms with Gasteiger partial charge in [0, 0.05) is 6.42 Å². The molecule has 0 amide bonds. The Balaban J connectivity index is 1.04. The fraction of sp³-hybridized carbons (Fsp3) is 0.824. The topological polar surface area (TPSA) is 105 Å². The first-order valence-corrected chi connectivity index (χ1v) is 24.0. The maximum atomic E-state index is 12.6. The summed E-state index contributed by atoms with van der Waals surface area (Å²) in [5.74, 6) is 4.52. The maximum absolute atomic E-state index is 12.6. The predicted molar refractivity (Wildman–Crippen MR) is 235 cm³/mol. The number of allylic oxidation sites excluding steroid dienone is 7. The first kappa shape index (κ1) is 47.3. The Bertz CT molecular complexity index is 1380. The van der Waals surface area contributed by atoms with E-state index in [1.54, 1.807) is 0 Å². The Labute approximate surface area is 353 Å². The summed E-state index contributed by atoms with van der Waals surface area (Å²) in [6, 6.07) is 0. The zero-order valence-electron chi connectivity index (χ0n) is 37.7. The summed E-state index contributed by atoms with van der Waals surface area (Å²) in [7, 11) is 0. The number of unbranched alkanes of at least 4 members (excludes halogenated alkanes) is 7. The van der Waals surface area contributed by atoms with E-state index in [0.29, 0.717) is 35.5 Å². The minimum absolute atomic E-state index is 0.153. The lowest BCUT2D eigenvalue weighted by atomic mass is 9.47. The van der Waals surface area contributed by atoms with Crippen LogP contribution in [0.4, 0.5) is 0 Å². The highest BCUT2D eigenvalue weighted by Gasteiger charge is 2.59. The van der Waals surface area contributed by atoms with Crippen molar-refractivity contribution in [2.45, 2.75) is 207 Å². The van der Waals surface area contributed by atoms with Crippen molar-refractivity contribution in [1.82, 2.24) is 0 Å². The molecular formula is C51H84O7. The molecule has 1 heterocycles. The lowest BCUT2D eigenvalue weighted by molar-refractivity contribution is -0.313. The van der Waals surface area contributed by atoms with Crippen LogP contribution in [0, 0.1) is 52.3 Å². The molecule has 7 heteroatoms. The van der Waals surface area contributed by atoms with Gasteiger partial charge in [-0.2, -0.15) is 0 Å². The van der Waals surface area contributed by atoms with Gasteiger partial charge in [-0.3, -0.25) is 4.79 Å². The number of aliphatic hydroxyl groups excluding tert-OH is 3. The van der Waals surface area contributed by atoms with Gasteiger partial charge in [0.25, 0.3) is 0 Å². The molecule has 0 radical (unpaired) electrons. The SMILES string of the molecule is CCCC/C=C\C/C=C\CCCCCCCC(=O)OCC1OC(OC2CCC3(C)C(=CCC4C3CCC3(C)C(C(C)/C=C/C(C)C(C)C)CCC43)C2)C(O)C(O)C1O. The van der Waals surface area contributed by atoms with Crippen molar-refractivity contribution in [3.63, 3.8) is 0 Å². The molecule has 4 fully saturated rings. The number of hydrogen-bond acceptors (Lipinski definition) is 7. The van der Waals surface area contributed by atoms with Crippen molar-refractivity contribution < 1.29 is 34.3 Å². The number of esters is 1. The van der Waals surface area contributed by atoms with E-state index in [2.05, 4.69) is 91.0 Å². The van der Waals surface area contributed by atoms with Crippen molar-refractivity contribution in [2.75, 3.05) is 6.61 Å². The second-order valence-corrected chi connectivity index (χ2v) is 20.2. The summed E-state index contributed by atoms with van der Waals surface area (Å²) in [6.07, 6.45) is 30.5. The van der Waals surface area contributed by atoms with Gasteiger partial charge in [0.05, 0.1) is 6.10 Å². The quantitative estimate of drug-likeness (QED) is 0.0602. The smallest absolute Gasteiger partial charge is 0.305 e. The van der Waals surface area contributed by atoms with Gasteiger partial charge in [0.1, 0.15) is 31.0 Å². The van der Waals surface area contributed by atoms with Gasteiger partial charge in [0.15, 0.2) is 6.29 Å². The molecule has 0 aromatic carbocycles. The Morgan fingerprint density at radius 2 is 1.57 bits per heavy atom. The molecule has 5 aliphatic rings. The van der Waals surface area contributed by atoms with Gasteiger partial charge in [-0.1, -0.05) is 129 Å². The van der Waals surface area contributed by atoms with E-state index in [1.807, 2.05) is 0 Å². The first-order chi connectivity index (χ1) is 27.8. The number of carbonyl (C=O) groups excluding carboxylic acids is 1. The molecule has 3 saturated carbocycles. The fourth-order valence-electron chi connectivity index (χ4n) is 11.8. The van der Waals surface area contributed by atoms with Crippen LogP contribution in [-0.2, 0) is 19.0 Å². The third-order valence-corrected chi connectivity index (χ3v) is 16.0. The molecule has 58 heavy (non-hydrogen) atoms. The number of rotatable bonds is 21. The van der Waals surface area contributed by atoms with Gasteiger partial charge in [-0.25, -0.2) is 0 Å². The summed E-state index contributed by atoms with van der Waals surface area (Å²) in [6.45, 7) is 16.6. The van der Waals surface area contributed by atoms with Gasteiger partial charge in [-0.15, -0.1) is 0 Å². The van der Waals surface area contributed by atoms with E-state index in [0.717, 1.165) is 88.4 Å². The molecule has 14 atom stereocenters. The Morgan fingerprint density at radius 3 is 2.31 bits per heavy atom. The van der Waals surface area contributed by atoms with Gasteiger partial charge >= 0.3 is 5.97 Å². The number of hydrogen-bond donors (Lipinski definition) is 3. The van der Waals surface area contributed by atoms with Crippen LogP contribution in [0.1, 0.15) is 170 Å². The second kappa shape index (κ2) is 22.4. The average Bonchev–Trinajstić information content (AvgIpc) is 3.57. The number of fused-ring (bicyclic) bond motifs is 5. The first-order valence-electron chi connectivity index (χ1n) is 24.0. The summed E-state index contributed by atoms with van der Waals surface area (Å²) in [5.41, 5.74) is 2.04. The van der Waals surface area contributed by atoms with Crippen LogP contribution in [0.15, 0.2) is 48.1 Å². The van der Waals surface area contributed by atoms with Crippen molar-refractivity contribution in [1.29, 1.82) is 0 Å². The standard InChI is InChI=1S/C51H84O7/c1-8-9-10-11-12-13-14-15-16-17-18-19-20-21-22-45(52)56-34-44-46(53)47(54)48(55)49(58-44)57-39-29-31-50(6)38(33-39)25-26-40-42-28-27-41(51(42,7)32-30-43(40)50)37(5)24-23-36(4)35(2)3/h11-12,14-15,23-25,35-37,39-44,46-49,53-55H,8-10,13,16-22,26-34H2,1-7H3/b12-11-,15-14-,24-23+. The fourth-order valence-corrected chi connectivity index (χ4v) is 11.8. The highest BCUT2D eigenvalue weighted by Crippen LogP contribution is 2.67. The molecule has 5 rings (SSSR count). The number of carbonyl (C=O) groups is 1. The van der Waals surface area contributed by atoms with Crippen molar-refractivity contribution >= 4 is 5.97 Å². The predicted octanol–water partition coefficient (Wildman–Crippen LogP) is 11.2. The molecule has 330 valence electrons. The molecule has 1 aliphatic heterocycles. The number of aliphatic hydroxyl groups is 3. The van der Waals surface area contributed by atoms with Crippen molar-refractivity contribution in [2.24, 2.45) is 52.3 Å². The van der Waals surface area contributed by atoms with Crippen molar-refractivity contribution in [3.05, 3.63) is 48.1 Å². The molecule has 1 saturated heterocycles. The third-order valence-electron chi connectivity index (χ3n) is 16.0. The molecule has 3 N–H and O–H groups in total. The normalized spacial score (nSPS) is 37.5. The van der Waals surface area contributed by atoms with Crippen LogP contribution in [-0.4, -0.2) is 64.7 Å². The lowest BCUT2D eigenvalue weighted by Crippen LogP contribution is -2.60. The average molecular weight is 809 g/mol. The zero-order valence-corrected chi connectivity index (χ0v) is 37.7. The molecule has 0 aromatic heterocycles. The summed E-state index contributed by atoms with van der Waals surface area (Å²) in [4.78, 5) is 12.6. The summed E-state index contributed by atoms with van der Waals surface area (Å²) < 4.78 is 18.0. The molecule has 7 nitrogen and oxygen atoms in total. The molecule has 0 spiro atoms. The monoisotopic (exact) mass is 809 g/mol. The van der Waals surface area contributed by atoms with Crippen LogP contribution in [0.2, 0.25) is 0 Å². The molecule has 0 bridgehead atoms. The van der Waals surface area contributed by atoms with Crippen LogP contribution in [0.5, 0.6) is 0 Å². The van der Waals surface area contributed by atoms with Crippen LogP contribution in [0.25, 0.3) is 0 Å². The molecule has 14 unspecified atom stereocenters. The van der Waals surface area contributed by atoms with Crippen LogP contribution in [0.3, 0.4) is 0 Å². The highest BCUT2D eigenvalue weighted by atomic mass is 16.7. The highest BCUT2D eigenvalue weighted by molar-refractivity contribution is 5.69. The van der Waals surface area contributed by atoms with Crippen LogP contribution >= 0.6 is 0 Å². The Kier molecular flexibility index (Phi) is 18.2. The third kappa shape index (κ3) is 11.8. The molecular weight excluding hydrogens is 725 g/mol. The van der Waals surface area contributed by atoms with Gasteiger partial charge in [-0.05, 0) is 136 Å². The minimum atomic E-state index is -1.45. The Hall–Kier alpha value is -1.77. The molecule has 0 aromatic rings. The van der Waals surface area contributed by atoms with E-state index in [1.165, 1.54) is 50.5 Å². The van der Waals surface area contributed by atoms with E-state index in [4.69, 9.17) is 14.2 Å². The van der Waals surface area contributed by atoms with Gasteiger partial charge in [0.2, 0.25) is 0 Å². The summed E-state index contributed by atoms with van der Waals surface area (Å²) >= 11 is 0. The summed E-state index contributed by atoms with van der Waals surface area (Å²) in [5, 5.41) is 32.5. The largest absolute Gasteiger partial charge is 0.463 e. The number of ether oxygens (including phenoxy) is 3. The van der Waals surface area contributed by atoms with Crippen LogP contribution < -0.4 is 0 Å². The lowest BCUT2D eigenvalue weighted by Gasteiger charge is -2.58. The molecule has 4 aliphatic carbocycles. The van der Waals surface area contributed by atoms with Gasteiger partial charge < -0.3 is 29.5 Å². The maximum Gasteiger partial charge on any atom is 0.305 e. The van der Waals surface area contributed by atoms with E-state index < -0.39 is 30.7 Å². The minimum Gasteiger partial charge on any atom is -0.463 e.